The van der Waals surface area contributed by atoms with Gasteiger partial charge in [0.15, 0.2) is 0 Å². The zero-order chi connectivity index (χ0) is 17.0. The van der Waals surface area contributed by atoms with Gasteiger partial charge in [-0.1, -0.05) is 11.6 Å². The molecule has 0 aliphatic carbocycles. The Labute approximate surface area is 142 Å². The third kappa shape index (κ3) is 3.95. The number of carbonyl (C=O) groups is 1. The number of aryl methyl sites for hydroxylation is 1. The maximum Gasteiger partial charge on any atom is 0.337 e. The van der Waals surface area contributed by atoms with E-state index in [0.717, 1.165) is 0 Å². The van der Waals surface area contributed by atoms with E-state index in [4.69, 9.17) is 11.6 Å². The first-order valence-corrected chi connectivity index (χ1v) is 7.96. The van der Waals surface area contributed by atoms with Gasteiger partial charge in [-0.3, -0.25) is 4.79 Å². The van der Waals surface area contributed by atoms with Gasteiger partial charge in [0.1, 0.15) is 6.07 Å². The zero-order valence-electron chi connectivity index (χ0n) is 12.5. The predicted octanol–water partition coefficient (Wildman–Crippen LogP) is 3.29. The molecule has 0 saturated carbocycles. The maximum atomic E-state index is 11.6. The van der Waals surface area contributed by atoms with Crippen molar-refractivity contribution in [3.8, 4) is 6.07 Å². The topological polar surface area (TPSA) is 83.0 Å². The summed E-state index contributed by atoms with van der Waals surface area (Å²) in [6, 6.07) is 8.30. The van der Waals surface area contributed by atoms with Crippen LogP contribution in [0.1, 0.15) is 27.0 Å². The van der Waals surface area contributed by atoms with E-state index in [2.05, 4.69) is 15.8 Å². The van der Waals surface area contributed by atoms with Crippen molar-refractivity contribution in [2.45, 2.75) is 17.7 Å². The van der Waals surface area contributed by atoms with Gasteiger partial charge in [0, 0.05) is 16.8 Å². The first-order valence-electron chi connectivity index (χ1n) is 6.59. The Morgan fingerprint density at radius 3 is 2.83 bits per heavy atom. The lowest BCUT2D eigenvalue weighted by Crippen LogP contribution is -2.08. The van der Waals surface area contributed by atoms with Gasteiger partial charge in [-0.2, -0.15) is 5.26 Å². The van der Waals surface area contributed by atoms with Gasteiger partial charge < -0.3 is 9.72 Å². The molecule has 1 aromatic heterocycles. The van der Waals surface area contributed by atoms with E-state index in [1.165, 1.54) is 24.9 Å². The van der Waals surface area contributed by atoms with Crippen LogP contribution in [-0.2, 0) is 10.5 Å². The second-order valence-corrected chi connectivity index (χ2v) is 6.11. The molecule has 0 spiro atoms. The molecule has 7 heteroatoms. The molecule has 0 radical (unpaired) electrons. The number of nitrogens with zero attached hydrogens (tertiary/aromatic N) is 1. The van der Waals surface area contributed by atoms with Crippen molar-refractivity contribution < 1.29 is 9.53 Å². The van der Waals surface area contributed by atoms with E-state index in [1.54, 1.807) is 25.1 Å². The molecule has 0 aliphatic heterocycles. The van der Waals surface area contributed by atoms with E-state index in [-0.39, 0.29) is 5.56 Å². The minimum absolute atomic E-state index is 0.265. The molecule has 23 heavy (non-hydrogen) atoms. The Morgan fingerprint density at radius 1 is 1.43 bits per heavy atom. The number of aromatic amines is 1. The second kappa shape index (κ2) is 7.36. The number of H-pyrrole nitrogens is 1. The smallest absolute Gasteiger partial charge is 0.337 e. The van der Waals surface area contributed by atoms with Crippen LogP contribution >= 0.6 is 23.4 Å². The number of halogens is 1. The van der Waals surface area contributed by atoms with Crippen molar-refractivity contribution in [2.24, 2.45) is 0 Å². The van der Waals surface area contributed by atoms with E-state index >= 15 is 0 Å². The van der Waals surface area contributed by atoms with Crippen LogP contribution < -0.4 is 5.56 Å². The Kier molecular flexibility index (Phi) is 5.48. The highest BCUT2D eigenvalue weighted by atomic mass is 35.5. The van der Waals surface area contributed by atoms with Crippen molar-refractivity contribution >= 4 is 29.3 Å². The highest BCUT2D eigenvalue weighted by Gasteiger charge is 2.12. The molecule has 0 amide bonds. The Bertz CT molecular complexity index is 855. The standard InChI is InChI=1S/C16H13ClN2O3S/c1-9-5-14(20)19-15(12(9)7-18)23-8-11-6-10(16(21)22-2)3-4-13(11)17/h3-6H,8H2,1-2H3,(H,19,20). The highest BCUT2D eigenvalue weighted by Crippen LogP contribution is 2.28. The van der Waals surface area contributed by atoms with E-state index in [0.29, 0.717) is 38.1 Å². The number of benzene rings is 1. The summed E-state index contributed by atoms with van der Waals surface area (Å²) in [5.41, 5.74) is 1.89. The fraction of sp³-hybridized carbons (Fsp3) is 0.188. The maximum absolute atomic E-state index is 11.6. The van der Waals surface area contributed by atoms with Gasteiger partial charge in [-0.25, -0.2) is 4.79 Å². The second-order valence-electron chi connectivity index (χ2n) is 4.72. The Morgan fingerprint density at radius 2 is 2.17 bits per heavy atom. The predicted molar refractivity (Wildman–Crippen MR) is 88.9 cm³/mol. The van der Waals surface area contributed by atoms with Gasteiger partial charge >= 0.3 is 5.97 Å². The largest absolute Gasteiger partial charge is 0.465 e. The van der Waals surface area contributed by atoms with E-state index in [9.17, 15) is 14.9 Å². The minimum Gasteiger partial charge on any atom is -0.465 e. The molecule has 5 nitrogen and oxygen atoms in total. The summed E-state index contributed by atoms with van der Waals surface area (Å²) in [7, 11) is 1.31. The molecule has 2 aromatic rings. The summed E-state index contributed by atoms with van der Waals surface area (Å²) in [5, 5.41) is 10.2. The number of nitrogens with one attached hydrogen (secondary N) is 1. The van der Waals surface area contributed by atoms with Crippen LogP contribution in [0, 0.1) is 18.3 Å². The van der Waals surface area contributed by atoms with Crippen molar-refractivity contribution in [3.05, 3.63) is 61.9 Å². The minimum atomic E-state index is -0.449. The first kappa shape index (κ1) is 17.1. The summed E-state index contributed by atoms with van der Waals surface area (Å²) < 4.78 is 4.68. The van der Waals surface area contributed by atoms with Gasteiger partial charge in [-0.15, -0.1) is 11.8 Å². The Balaban J connectivity index is 2.30. The van der Waals surface area contributed by atoms with Crippen LogP contribution in [-0.4, -0.2) is 18.1 Å². The summed E-state index contributed by atoms with van der Waals surface area (Å²) in [4.78, 5) is 25.8. The number of aromatic nitrogens is 1. The molecule has 0 fully saturated rings. The van der Waals surface area contributed by atoms with Gasteiger partial charge in [0.2, 0.25) is 5.56 Å². The number of methoxy groups -OCH3 is 1. The van der Waals surface area contributed by atoms with Gasteiger partial charge in [0.05, 0.1) is 23.3 Å². The number of rotatable bonds is 4. The highest BCUT2D eigenvalue weighted by molar-refractivity contribution is 7.98. The van der Waals surface area contributed by atoms with Crippen LogP contribution in [0.15, 0.2) is 34.1 Å². The number of esters is 1. The van der Waals surface area contributed by atoms with Crippen LogP contribution in [0.5, 0.6) is 0 Å². The van der Waals surface area contributed by atoms with Gasteiger partial charge in [0.25, 0.3) is 0 Å². The number of thioether (sulfide) groups is 1. The monoisotopic (exact) mass is 348 g/mol. The number of carbonyl (C=O) groups excluding carboxylic acids is 1. The zero-order valence-corrected chi connectivity index (χ0v) is 14.0. The fourth-order valence-electron chi connectivity index (χ4n) is 1.99. The number of hydrogen-bond acceptors (Lipinski definition) is 5. The summed E-state index contributed by atoms with van der Waals surface area (Å²) in [5.74, 6) is -0.0489. The fourth-order valence-corrected chi connectivity index (χ4v) is 3.31. The molecule has 0 bridgehead atoms. The molecular formula is C16H13ClN2O3S. The summed E-state index contributed by atoms with van der Waals surface area (Å²) in [6.45, 7) is 1.71. The van der Waals surface area contributed by atoms with Crippen LogP contribution in [0.3, 0.4) is 0 Å². The van der Waals surface area contributed by atoms with Crippen molar-refractivity contribution in [1.29, 1.82) is 5.26 Å². The number of hydrogen-bond donors (Lipinski definition) is 1. The van der Waals surface area contributed by atoms with Gasteiger partial charge in [-0.05, 0) is 36.2 Å². The average molecular weight is 349 g/mol. The molecule has 118 valence electrons. The van der Waals surface area contributed by atoms with Crippen LogP contribution in [0.4, 0.5) is 0 Å². The molecule has 1 N–H and O–H groups in total. The molecule has 0 saturated heterocycles. The molecular weight excluding hydrogens is 336 g/mol. The van der Waals surface area contributed by atoms with Crippen molar-refractivity contribution in [1.82, 2.24) is 4.98 Å². The van der Waals surface area contributed by atoms with Crippen LogP contribution in [0.25, 0.3) is 0 Å². The quantitative estimate of drug-likeness (QED) is 0.677. The lowest BCUT2D eigenvalue weighted by atomic mass is 10.1. The molecule has 0 unspecified atom stereocenters. The molecule has 2 rings (SSSR count). The van der Waals surface area contributed by atoms with Crippen molar-refractivity contribution in [2.75, 3.05) is 7.11 Å². The third-order valence-electron chi connectivity index (χ3n) is 3.16. The van der Waals surface area contributed by atoms with Crippen LogP contribution in [0.2, 0.25) is 5.02 Å². The Hall–Kier alpha value is -2.23. The number of nitriles is 1. The summed E-state index contributed by atoms with van der Waals surface area (Å²) in [6.07, 6.45) is 0. The normalized spacial score (nSPS) is 10.2. The SMILES string of the molecule is COC(=O)c1ccc(Cl)c(CSc2[nH]c(=O)cc(C)c2C#N)c1. The molecule has 0 atom stereocenters. The third-order valence-corrected chi connectivity index (χ3v) is 4.58. The van der Waals surface area contributed by atoms with E-state index in [1.807, 2.05) is 0 Å². The summed E-state index contributed by atoms with van der Waals surface area (Å²) >= 11 is 7.42. The molecule has 0 aliphatic rings. The molecule has 1 aromatic carbocycles. The number of ether oxygens (including phenoxy) is 1. The molecule has 1 heterocycles. The lowest BCUT2D eigenvalue weighted by molar-refractivity contribution is 0.0600. The number of pyridine rings is 1. The lowest BCUT2D eigenvalue weighted by Gasteiger charge is -2.08. The first-order chi connectivity index (χ1) is 11.0. The van der Waals surface area contributed by atoms with E-state index < -0.39 is 5.97 Å². The average Bonchev–Trinajstić information content (AvgIpc) is 2.53. The van der Waals surface area contributed by atoms with Crippen molar-refractivity contribution in [3.63, 3.8) is 0 Å².